The second-order valence-electron chi connectivity index (χ2n) is 4.89. The van der Waals surface area contributed by atoms with Gasteiger partial charge in [-0.05, 0) is 16.7 Å². The lowest BCUT2D eigenvalue weighted by Gasteiger charge is -2.09. The highest BCUT2D eigenvalue weighted by Crippen LogP contribution is 2.32. The maximum atomic E-state index is 13.8. The lowest BCUT2D eigenvalue weighted by molar-refractivity contribution is 0.381. The smallest absolute Gasteiger partial charge is 0.200 e. The molecule has 0 nitrogen and oxygen atoms in total. The van der Waals surface area contributed by atoms with Gasteiger partial charge in [0.1, 0.15) is 0 Å². The number of hydrogen-bond donors (Lipinski definition) is 0. The van der Waals surface area contributed by atoms with Crippen molar-refractivity contribution in [3.8, 4) is 22.3 Å². The minimum atomic E-state index is -2.16. The average molecular weight is 320 g/mol. The van der Waals surface area contributed by atoms with E-state index in [0.717, 1.165) is 11.1 Å². The molecule has 5 heteroatoms. The van der Waals surface area contributed by atoms with Crippen molar-refractivity contribution in [2.75, 3.05) is 0 Å². The van der Waals surface area contributed by atoms with Crippen LogP contribution in [0.3, 0.4) is 0 Å². The first-order chi connectivity index (χ1) is 11.0. The average Bonchev–Trinajstić information content (AvgIpc) is 2.60. The zero-order valence-electron chi connectivity index (χ0n) is 11.6. The summed E-state index contributed by atoms with van der Waals surface area (Å²) in [6.07, 6.45) is 0. The monoisotopic (exact) mass is 320 g/mol. The molecule has 0 aliphatic heterocycles. The lowest BCUT2D eigenvalue weighted by atomic mass is 9.99. The van der Waals surface area contributed by atoms with Crippen LogP contribution in [0.4, 0.5) is 22.0 Å². The van der Waals surface area contributed by atoms with Crippen LogP contribution in [0.5, 0.6) is 0 Å². The van der Waals surface area contributed by atoms with Crippen molar-refractivity contribution in [3.05, 3.63) is 83.7 Å². The van der Waals surface area contributed by atoms with Gasteiger partial charge in [-0.2, -0.15) is 0 Å². The molecule has 23 heavy (non-hydrogen) atoms. The molecule has 3 aromatic carbocycles. The topological polar surface area (TPSA) is 0 Å². The van der Waals surface area contributed by atoms with Crippen molar-refractivity contribution in [1.82, 2.24) is 0 Å². The third kappa shape index (κ3) is 2.59. The van der Waals surface area contributed by atoms with E-state index in [1.807, 2.05) is 30.3 Å². The minimum Gasteiger partial charge on any atom is -0.203 e. The summed E-state index contributed by atoms with van der Waals surface area (Å²) in [5.41, 5.74) is 0.619. The first-order valence-corrected chi connectivity index (χ1v) is 6.68. The summed E-state index contributed by atoms with van der Waals surface area (Å²) in [5, 5.41) is 0. The number of halogens is 5. The molecule has 0 aliphatic carbocycles. The van der Waals surface area contributed by atoms with Crippen molar-refractivity contribution in [3.63, 3.8) is 0 Å². The van der Waals surface area contributed by atoms with Gasteiger partial charge in [-0.3, -0.25) is 0 Å². The largest absolute Gasteiger partial charge is 0.203 e. The fourth-order valence-corrected chi connectivity index (χ4v) is 2.32. The zero-order valence-corrected chi connectivity index (χ0v) is 11.6. The summed E-state index contributed by atoms with van der Waals surface area (Å²) < 4.78 is 67.2. The van der Waals surface area contributed by atoms with Gasteiger partial charge in [-0.15, -0.1) is 0 Å². The van der Waals surface area contributed by atoms with E-state index < -0.39 is 34.6 Å². The Balaban J connectivity index is 2.11. The maximum Gasteiger partial charge on any atom is 0.200 e. The van der Waals surface area contributed by atoms with Crippen LogP contribution in [-0.2, 0) is 0 Å². The molecule has 0 saturated carbocycles. The van der Waals surface area contributed by atoms with E-state index in [1.54, 1.807) is 12.1 Å². The molecule has 116 valence electrons. The molecule has 0 aromatic heterocycles. The molecule has 0 spiro atoms. The molecule has 3 aromatic rings. The van der Waals surface area contributed by atoms with Gasteiger partial charge >= 0.3 is 0 Å². The van der Waals surface area contributed by atoms with E-state index in [4.69, 9.17) is 0 Å². The molecule has 0 aliphatic rings. The van der Waals surface area contributed by atoms with E-state index >= 15 is 0 Å². The summed E-state index contributed by atoms with van der Waals surface area (Å²) in [4.78, 5) is 0. The lowest BCUT2D eigenvalue weighted by Crippen LogP contribution is -2.03. The number of benzene rings is 3. The second kappa shape index (κ2) is 5.83. The first-order valence-electron chi connectivity index (χ1n) is 6.68. The Kier molecular flexibility index (Phi) is 3.86. The molecule has 0 bridgehead atoms. The van der Waals surface area contributed by atoms with E-state index in [0.29, 0.717) is 0 Å². The van der Waals surface area contributed by atoms with Gasteiger partial charge in [0.15, 0.2) is 23.3 Å². The quantitative estimate of drug-likeness (QED) is 0.322. The zero-order chi connectivity index (χ0) is 16.6. The second-order valence-corrected chi connectivity index (χ2v) is 4.89. The minimum absolute atomic E-state index is 0.0857. The Hall–Kier alpha value is -2.69. The molecule has 0 saturated heterocycles. The normalized spacial score (nSPS) is 10.8. The number of hydrogen-bond acceptors (Lipinski definition) is 0. The van der Waals surface area contributed by atoms with Crippen LogP contribution in [-0.4, -0.2) is 0 Å². The van der Waals surface area contributed by atoms with Crippen LogP contribution in [0.15, 0.2) is 54.6 Å². The molecule has 0 unspecified atom stereocenters. The third-order valence-corrected chi connectivity index (χ3v) is 3.49. The summed E-state index contributed by atoms with van der Waals surface area (Å²) in [6, 6.07) is 14.9. The molecular weight excluding hydrogens is 311 g/mol. The van der Waals surface area contributed by atoms with E-state index in [1.165, 1.54) is 12.1 Å². The standard InChI is InChI=1S/C18H9F5/c19-14-13(15(20)17(22)18(23)16(14)21)12-8-6-11(7-9-12)10-4-2-1-3-5-10/h1-9H. The van der Waals surface area contributed by atoms with Crippen molar-refractivity contribution < 1.29 is 22.0 Å². The molecule has 0 atom stereocenters. The maximum absolute atomic E-state index is 13.8. The van der Waals surface area contributed by atoms with Crippen LogP contribution >= 0.6 is 0 Å². The van der Waals surface area contributed by atoms with E-state index in [2.05, 4.69) is 0 Å². The van der Waals surface area contributed by atoms with Crippen LogP contribution < -0.4 is 0 Å². The number of rotatable bonds is 2. The predicted molar refractivity (Wildman–Crippen MR) is 77.1 cm³/mol. The molecule has 0 amide bonds. The van der Waals surface area contributed by atoms with Crippen LogP contribution in [0.1, 0.15) is 0 Å². The van der Waals surface area contributed by atoms with Gasteiger partial charge in [-0.25, -0.2) is 22.0 Å². The molecule has 0 radical (unpaired) electrons. The van der Waals surface area contributed by atoms with E-state index in [-0.39, 0.29) is 5.56 Å². The Labute approximate surface area is 128 Å². The van der Waals surface area contributed by atoms with Crippen LogP contribution in [0.25, 0.3) is 22.3 Å². The van der Waals surface area contributed by atoms with Gasteiger partial charge in [0.2, 0.25) is 5.82 Å². The fourth-order valence-electron chi connectivity index (χ4n) is 2.32. The highest BCUT2D eigenvalue weighted by Gasteiger charge is 2.26. The molecule has 0 heterocycles. The summed E-state index contributed by atoms with van der Waals surface area (Å²) in [7, 11) is 0. The summed E-state index contributed by atoms with van der Waals surface area (Å²) >= 11 is 0. The predicted octanol–water partition coefficient (Wildman–Crippen LogP) is 5.72. The van der Waals surface area contributed by atoms with E-state index in [9.17, 15) is 22.0 Å². The molecule has 0 N–H and O–H groups in total. The van der Waals surface area contributed by atoms with Gasteiger partial charge in [0.05, 0.1) is 5.56 Å². The van der Waals surface area contributed by atoms with Gasteiger partial charge in [-0.1, -0.05) is 54.6 Å². The first kappa shape index (κ1) is 15.2. The van der Waals surface area contributed by atoms with Crippen LogP contribution in [0, 0.1) is 29.1 Å². The summed E-state index contributed by atoms with van der Waals surface area (Å²) in [5.74, 6) is -9.75. The Morgan fingerprint density at radius 1 is 0.391 bits per heavy atom. The van der Waals surface area contributed by atoms with Crippen molar-refractivity contribution in [2.45, 2.75) is 0 Å². The van der Waals surface area contributed by atoms with Crippen molar-refractivity contribution >= 4 is 0 Å². The van der Waals surface area contributed by atoms with Gasteiger partial charge in [0, 0.05) is 0 Å². The highest BCUT2D eigenvalue weighted by molar-refractivity contribution is 5.71. The Bertz CT molecular complexity index is 826. The molecular formula is C18H9F5. The third-order valence-electron chi connectivity index (χ3n) is 3.49. The van der Waals surface area contributed by atoms with Gasteiger partial charge in [0.25, 0.3) is 0 Å². The highest BCUT2D eigenvalue weighted by atomic mass is 19.2. The van der Waals surface area contributed by atoms with Crippen LogP contribution in [0.2, 0.25) is 0 Å². The van der Waals surface area contributed by atoms with Gasteiger partial charge < -0.3 is 0 Å². The SMILES string of the molecule is Fc1c(F)c(F)c(-c2ccc(-c3ccccc3)cc2)c(F)c1F. The van der Waals surface area contributed by atoms with Crippen molar-refractivity contribution in [2.24, 2.45) is 0 Å². The Morgan fingerprint density at radius 3 is 1.30 bits per heavy atom. The fraction of sp³-hybridized carbons (Fsp3) is 0. The Morgan fingerprint density at radius 2 is 0.783 bits per heavy atom. The molecule has 0 fully saturated rings. The molecule has 3 rings (SSSR count). The summed E-state index contributed by atoms with van der Waals surface area (Å²) in [6.45, 7) is 0. The van der Waals surface area contributed by atoms with Crippen molar-refractivity contribution in [1.29, 1.82) is 0 Å².